The number of rotatable bonds is 5. The quantitative estimate of drug-likeness (QED) is 0.602. The molecule has 0 aromatic heterocycles. The number of nitriles is 1. The van der Waals surface area contributed by atoms with Crippen molar-refractivity contribution >= 4 is 11.8 Å². The average molecular weight is 345 g/mol. The lowest BCUT2D eigenvalue weighted by Crippen LogP contribution is -2.36. The molecule has 0 aliphatic carbocycles. The summed E-state index contributed by atoms with van der Waals surface area (Å²) >= 11 is 0. The largest absolute Gasteiger partial charge is 0.450 e. The summed E-state index contributed by atoms with van der Waals surface area (Å²) < 4.78 is 5.63. The molecule has 1 aliphatic heterocycles. The van der Waals surface area contributed by atoms with E-state index in [1.54, 1.807) is 26.0 Å². The summed E-state index contributed by atoms with van der Waals surface area (Å²) in [6.45, 7) is 3.51. The minimum absolute atomic E-state index is 0.0283. The number of carbonyl (C=O) groups excluding carboxylic acids is 2. The van der Waals surface area contributed by atoms with Crippen molar-refractivity contribution in [3.05, 3.63) is 82.9 Å². The van der Waals surface area contributed by atoms with Gasteiger partial charge in [0, 0.05) is 17.9 Å². The number of hydrogen-bond acceptors (Lipinski definition) is 4. The van der Waals surface area contributed by atoms with Crippen LogP contribution in [0.2, 0.25) is 0 Å². The molecule has 2 aromatic rings. The third-order valence-electron chi connectivity index (χ3n) is 5.09. The van der Waals surface area contributed by atoms with Crippen molar-refractivity contribution in [3.8, 4) is 6.07 Å². The van der Waals surface area contributed by atoms with Crippen LogP contribution in [-0.2, 0) is 9.53 Å². The lowest BCUT2D eigenvalue weighted by molar-refractivity contribution is -0.147. The van der Waals surface area contributed by atoms with E-state index in [9.17, 15) is 14.9 Å². The molecule has 0 amide bonds. The van der Waals surface area contributed by atoms with Crippen molar-refractivity contribution in [3.63, 3.8) is 0 Å². The Kier molecular flexibility index (Phi) is 4.73. The molecule has 0 fully saturated rings. The maximum Gasteiger partial charge on any atom is 0.349 e. The molecule has 3 rings (SSSR count). The highest BCUT2D eigenvalue weighted by Crippen LogP contribution is 2.45. The topological polar surface area (TPSA) is 67.2 Å². The van der Waals surface area contributed by atoms with Gasteiger partial charge in [-0.05, 0) is 25.0 Å². The van der Waals surface area contributed by atoms with Crippen LogP contribution >= 0.6 is 0 Å². The second-order valence-electron chi connectivity index (χ2n) is 6.56. The second-order valence-corrected chi connectivity index (χ2v) is 6.56. The van der Waals surface area contributed by atoms with Crippen LogP contribution in [0.3, 0.4) is 0 Å². The van der Waals surface area contributed by atoms with E-state index in [2.05, 4.69) is 0 Å². The number of ether oxygens (including phenoxy) is 1. The van der Waals surface area contributed by atoms with Crippen molar-refractivity contribution in [1.82, 2.24) is 0 Å². The molecule has 2 atom stereocenters. The Bertz CT molecular complexity index is 909. The molecule has 0 N–H and O–H groups in total. The molecule has 1 heterocycles. The minimum Gasteiger partial charge on any atom is -0.450 e. The zero-order valence-corrected chi connectivity index (χ0v) is 14.7. The molecule has 130 valence electrons. The van der Waals surface area contributed by atoms with Gasteiger partial charge in [0.05, 0.1) is 0 Å². The summed E-state index contributed by atoms with van der Waals surface area (Å²) in [6, 6.07) is 20.5. The SMILES string of the molecule is CC1=C(C#N)C(=O)O[C@]1(C)[C@@H](CC(=O)c1ccccc1)c1ccccc1. The van der Waals surface area contributed by atoms with Gasteiger partial charge < -0.3 is 4.74 Å². The van der Waals surface area contributed by atoms with Crippen LogP contribution in [0.5, 0.6) is 0 Å². The molecule has 0 spiro atoms. The molecule has 4 heteroatoms. The van der Waals surface area contributed by atoms with E-state index in [1.165, 1.54) is 0 Å². The number of nitrogens with zero attached hydrogens (tertiary/aromatic N) is 1. The van der Waals surface area contributed by atoms with Gasteiger partial charge in [-0.2, -0.15) is 5.26 Å². The Hall–Kier alpha value is -3.19. The summed E-state index contributed by atoms with van der Waals surface area (Å²) in [6.07, 6.45) is 0.174. The lowest BCUT2D eigenvalue weighted by Gasteiger charge is -2.34. The standard InChI is InChI=1S/C22H19NO3/c1-15-18(14-23)21(25)26-22(15,2)19(16-9-5-3-6-10-16)13-20(24)17-11-7-4-8-12-17/h3-12,19H,13H2,1-2H3/t19-,22-/m0/s1. The van der Waals surface area contributed by atoms with Crippen molar-refractivity contribution in [2.24, 2.45) is 0 Å². The van der Waals surface area contributed by atoms with Crippen LogP contribution in [0.15, 0.2) is 71.8 Å². The zero-order valence-electron chi connectivity index (χ0n) is 14.7. The molecule has 0 radical (unpaired) electrons. The molecule has 4 nitrogen and oxygen atoms in total. The van der Waals surface area contributed by atoms with Crippen LogP contribution in [0.1, 0.15) is 42.1 Å². The molecule has 0 saturated heterocycles. The minimum atomic E-state index is -1.03. The van der Waals surface area contributed by atoms with E-state index in [4.69, 9.17) is 4.74 Å². The van der Waals surface area contributed by atoms with Crippen molar-refractivity contribution in [1.29, 1.82) is 5.26 Å². The van der Waals surface area contributed by atoms with Gasteiger partial charge in [-0.15, -0.1) is 0 Å². The van der Waals surface area contributed by atoms with Crippen LogP contribution in [0.4, 0.5) is 0 Å². The Morgan fingerprint density at radius 2 is 1.69 bits per heavy atom. The van der Waals surface area contributed by atoms with Gasteiger partial charge in [-0.1, -0.05) is 60.7 Å². The Balaban J connectivity index is 2.03. The Morgan fingerprint density at radius 3 is 2.23 bits per heavy atom. The molecule has 0 saturated carbocycles. The number of esters is 1. The second kappa shape index (κ2) is 6.97. The summed E-state index contributed by atoms with van der Waals surface area (Å²) in [7, 11) is 0. The van der Waals surface area contributed by atoms with Gasteiger partial charge in [-0.25, -0.2) is 4.79 Å². The summed E-state index contributed by atoms with van der Waals surface area (Å²) in [5.74, 6) is -1.04. The molecule has 0 bridgehead atoms. The van der Waals surface area contributed by atoms with Gasteiger partial charge in [0.2, 0.25) is 0 Å². The number of ketones is 1. The molecule has 2 aromatic carbocycles. The average Bonchev–Trinajstić information content (AvgIpc) is 2.89. The third-order valence-corrected chi connectivity index (χ3v) is 5.09. The van der Waals surface area contributed by atoms with Gasteiger partial charge in [0.15, 0.2) is 5.78 Å². The van der Waals surface area contributed by atoms with E-state index in [1.807, 2.05) is 54.6 Å². The van der Waals surface area contributed by atoms with Crippen molar-refractivity contribution in [2.45, 2.75) is 31.8 Å². The van der Waals surface area contributed by atoms with Crippen LogP contribution in [0, 0.1) is 11.3 Å². The number of Topliss-reactive ketones (excluding diaryl/α,β-unsaturated/α-hetero) is 1. The molecule has 1 aliphatic rings. The molecular formula is C22H19NO3. The van der Waals surface area contributed by atoms with Gasteiger partial charge in [-0.3, -0.25) is 4.79 Å². The monoisotopic (exact) mass is 345 g/mol. The highest BCUT2D eigenvalue weighted by Gasteiger charge is 2.48. The maximum atomic E-state index is 12.8. The first-order valence-corrected chi connectivity index (χ1v) is 8.45. The lowest BCUT2D eigenvalue weighted by atomic mass is 9.75. The first-order valence-electron chi connectivity index (χ1n) is 8.45. The van der Waals surface area contributed by atoms with E-state index in [0.717, 1.165) is 5.56 Å². The molecular weight excluding hydrogens is 326 g/mol. The smallest absolute Gasteiger partial charge is 0.349 e. The van der Waals surface area contributed by atoms with Crippen LogP contribution in [0.25, 0.3) is 0 Å². The van der Waals surface area contributed by atoms with Gasteiger partial charge >= 0.3 is 5.97 Å². The van der Waals surface area contributed by atoms with Gasteiger partial charge in [0.1, 0.15) is 17.2 Å². The Labute approximate surface area is 152 Å². The number of hydrogen-bond donors (Lipinski definition) is 0. The fourth-order valence-corrected chi connectivity index (χ4v) is 3.43. The normalized spacial score (nSPS) is 20.4. The maximum absolute atomic E-state index is 12.8. The fraction of sp³-hybridized carbons (Fsp3) is 0.227. The summed E-state index contributed by atoms with van der Waals surface area (Å²) in [5.41, 5.74) is 1.07. The summed E-state index contributed by atoms with van der Waals surface area (Å²) in [4.78, 5) is 25.0. The summed E-state index contributed by atoms with van der Waals surface area (Å²) in [5, 5.41) is 9.28. The third kappa shape index (κ3) is 3.04. The van der Waals surface area contributed by atoms with E-state index < -0.39 is 11.6 Å². The van der Waals surface area contributed by atoms with Crippen molar-refractivity contribution < 1.29 is 14.3 Å². The first-order chi connectivity index (χ1) is 12.5. The molecule has 26 heavy (non-hydrogen) atoms. The first kappa shape index (κ1) is 17.6. The molecule has 0 unspecified atom stereocenters. The van der Waals surface area contributed by atoms with Crippen molar-refractivity contribution in [2.75, 3.05) is 0 Å². The van der Waals surface area contributed by atoms with Gasteiger partial charge in [0.25, 0.3) is 0 Å². The van der Waals surface area contributed by atoms with E-state index in [-0.39, 0.29) is 23.7 Å². The van der Waals surface area contributed by atoms with E-state index >= 15 is 0 Å². The Morgan fingerprint density at radius 1 is 1.12 bits per heavy atom. The number of benzene rings is 2. The van der Waals surface area contributed by atoms with Crippen LogP contribution in [-0.4, -0.2) is 17.4 Å². The highest BCUT2D eigenvalue weighted by atomic mass is 16.6. The number of cyclic esters (lactones) is 1. The fourth-order valence-electron chi connectivity index (χ4n) is 3.43. The highest BCUT2D eigenvalue weighted by molar-refractivity contribution is 5.98. The van der Waals surface area contributed by atoms with E-state index in [0.29, 0.717) is 11.1 Å². The number of carbonyl (C=O) groups is 2. The zero-order chi connectivity index (χ0) is 18.7. The predicted molar refractivity (Wildman–Crippen MR) is 97.4 cm³/mol. The van der Waals surface area contributed by atoms with Crippen LogP contribution < -0.4 is 0 Å². The predicted octanol–water partition coefficient (Wildman–Crippen LogP) is 4.20.